The molecule has 1 amide bonds. The maximum absolute atomic E-state index is 12.2. The molecule has 0 aliphatic carbocycles. The molecular formula is C19H30IN7OS. The minimum Gasteiger partial charge on any atom is -0.352 e. The van der Waals surface area contributed by atoms with E-state index in [1.807, 2.05) is 43.4 Å². The molecule has 29 heavy (non-hydrogen) atoms. The molecule has 160 valence electrons. The maximum atomic E-state index is 12.2. The van der Waals surface area contributed by atoms with E-state index in [2.05, 4.69) is 32.3 Å². The topological polar surface area (TPSA) is 87.4 Å². The van der Waals surface area contributed by atoms with E-state index in [-0.39, 0.29) is 41.8 Å². The Morgan fingerprint density at radius 2 is 2.21 bits per heavy atom. The minimum absolute atomic E-state index is 0. The Bertz CT molecular complexity index is 819. The first-order valence-electron chi connectivity index (χ1n) is 9.65. The fourth-order valence-corrected chi connectivity index (χ4v) is 3.76. The van der Waals surface area contributed by atoms with Crippen LogP contribution in [0.4, 0.5) is 0 Å². The molecule has 0 radical (unpaired) electrons. The second kappa shape index (κ2) is 10.9. The van der Waals surface area contributed by atoms with Crippen LogP contribution in [0.15, 0.2) is 22.5 Å². The lowest BCUT2D eigenvalue weighted by Crippen LogP contribution is -2.45. The van der Waals surface area contributed by atoms with Gasteiger partial charge in [0.15, 0.2) is 11.8 Å². The number of rotatable bonds is 6. The van der Waals surface area contributed by atoms with Crippen LogP contribution in [0.2, 0.25) is 0 Å². The summed E-state index contributed by atoms with van der Waals surface area (Å²) in [7, 11) is 1.94. The van der Waals surface area contributed by atoms with E-state index < -0.39 is 0 Å². The third-order valence-corrected chi connectivity index (χ3v) is 5.78. The van der Waals surface area contributed by atoms with Crippen molar-refractivity contribution in [3.05, 3.63) is 34.0 Å². The summed E-state index contributed by atoms with van der Waals surface area (Å²) >= 11 is 1.71. The Balaban J connectivity index is 0.00000300. The molecule has 0 spiro atoms. The van der Waals surface area contributed by atoms with Gasteiger partial charge in [0, 0.05) is 37.0 Å². The molecular weight excluding hydrogens is 501 g/mol. The number of nitrogens with zero attached hydrogens (tertiary/aromatic N) is 5. The Hall–Kier alpha value is -1.69. The molecule has 1 unspecified atom stereocenters. The van der Waals surface area contributed by atoms with Gasteiger partial charge in [-0.25, -0.2) is 4.99 Å². The molecule has 1 atom stereocenters. The fraction of sp³-hybridized carbons (Fsp3) is 0.579. The first-order valence-corrected chi connectivity index (χ1v) is 10.5. The lowest BCUT2D eigenvalue weighted by molar-refractivity contribution is -0.133. The van der Waals surface area contributed by atoms with Crippen molar-refractivity contribution < 1.29 is 4.79 Å². The van der Waals surface area contributed by atoms with Gasteiger partial charge in [-0.15, -0.1) is 45.5 Å². The van der Waals surface area contributed by atoms with Crippen molar-refractivity contribution >= 4 is 47.2 Å². The number of aromatic nitrogens is 3. The van der Waals surface area contributed by atoms with Crippen molar-refractivity contribution in [2.45, 2.75) is 46.3 Å². The van der Waals surface area contributed by atoms with E-state index in [1.54, 1.807) is 11.3 Å². The third kappa shape index (κ3) is 6.39. The van der Waals surface area contributed by atoms with Gasteiger partial charge < -0.3 is 20.1 Å². The van der Waals surface area contributed by atoms with Gasteiger partial charge in [-0.2, -0.15) is 0 Å². The molecule has 10 heteroatoms. The van der Waals surface area contributed by atoms with Gasteiger partial charge in [-0.05, 0) is 24.8 Å². The largest absolute Gasteiger partial charge is 0.352 e. The van der Waals surface area contributed by atoms with Gasteiger partial charge in [-0.3, -0.25) is 4.79 Å². The summed E-state index contributed by atoms with van der Waals surface area (Å²) in [5.74, 6) is 2.66. The number of hydrogen-bond acceptors (Lipinski definition) is 5. The highest BCUT2D eigenvalue weighted by molar-refractivity contribution is 14.0. The van der Waals surface area contributed by atoms with Gasteiger partial charge in [-0.1, -0.05) is 19.9 Å². The first kappa shape index (κ1) is 23.6. The third-order valence-electron chi connectivity index (χ3n) is 4.91. The summed E-state index contributed by atoms with van der Waals surface area (Å²) < 4.78 is 1.94. The normalized spacial score (nSPS) is 16.8. The van der Waals surface area contributed by atoms with Crippen molar-refractivity contribution in [3.8, 4) is 0 Å². The van der Waals surface area contributed by atoms with Crippen LogP contribution in [0.3, 0.4) is 0 Å². The summed E-state index contributed by atoms with van der Waals surface area (Å²) in [5.41, 5.74) is 0. The monoisotopic (exact) mass is 531 g/mol. The van der Waals surface area contributed by atoms with Crippen molar-refractivity contribution in [3.63, 3.8) is 0 Å². The van der Waals surface area contributed by atoms with Gasteiger partial charge >= 0.3 is 0 Å². The van der Waals surface area contributed by atoms with E-state index in [0.29, 0.717) is 19.6 Å². The van der Waals surface area contributed by atoms with E-state index in [9.17, 15) is 4.79 Å². The number of aliphatic imine (C=N–C) groups is 1. The summed E-state index contributed by atoms with van der Waals surface area (Å²) in [6, 6.07) is 4.33. The van der Waals surface area contributed by atoms with Crippen LogP contribution in [-0.4, -0.2) is 50.7 Å². The average Bonchev–Trinajstić information content (AvgIpc) is 3.41. The highest BCUT2D eigenvalue weighted by atomic mass is 127. The van der Waals surface area contributed by atoms with Crippen LogP contribution >= 0.6 is 35.3 Å². The lowest BCUT2D eigenvalue weighted by atomic mass is 10.2. The number of halogens is 1. The van der Waals surface area contributed by atoms with Crippen LogP contribution in [0.1, 0.15) is 36.8 Å². The lowest BCUT2D eigenvalue weighted by Gasteiger charge is -2.20. The molecule has 0 saturated carbocycles. The van der Waals surface area contributed by atoms with Gasteiger partial charge in [0.2, 0.25) is 5.91 Å². The molecule has 8 nitrogen and oxygen atoms in total. The van der Waals surface area contributed by atoms with Crippen molar-refractivity contribution in [2.24, 2.45) is 18.0 Å². The van der Waals surface area contributed by atoms with Crippen LogP contribution in [0.5, 0.6) is 0 Å². The Morgan fingerprint density at radius 3 is 2.83 bits per heavy atom. The summed E-state index contributed by atoms with van der Waals surface area (Å²) in [4.78, 5) is 20.1. The van der Waals surface area contributed by atoms with E-state index in [4.69, 9.17) is 4.99 Å². The standard InChI is InChI=1S/C19H29N7OS.HI/c1-13(2)18(27)26-8-7-15(12-26)22-19(20-10-16-6-5-9-28-16)21-11-17-24-23-14(3)25(17)4;/h5-6,9,13,15H,7-8,10-12H2,1-4H3,(H2,20,21,22);1H. The molecule has 1 aliphatic heterocycles. The zero-order chi connectivity index (χ0) is 20.1. The molecule has 2 aromatic heterocycles. The number of amides is 1. The quantitative estimate of drug-likeness (QED) is 0.340. The van der Waals surface area contributed by atoms with Gasteiger partial charge in [0.05, 0.1) is 6.54 Å². The van der Waals surface area contributed by atoms with Crippen molar-refractivity contribution in [1.82, 2.24) is 30.3 Å². The number of thiophene rings is 1. The zero-order valence-corrected chi connectivity index (χ0v) is 20.5. The molecule has 0 aromatic carbocycles. The number of nitrogens with one attached hydrogen (secondary N) is 2. The molecule has 2 aromatic rings. The Morgan fingerprint density at radius 1 is 1.41 bits per heavy atom. The minimum atomic E-state index is 0. The van der Waals surface area contributed by atoms with E-state index in [0.717, 1.165) is 30.6 Å². The average molecular weight is 531 g/mol. The van der Waals surface area contributed by atoms with Crippen molar-refractivity contribution in [2.75, 3.05) is 13.1 Å². The molecule has 3 rings (SSSR count). The highest BCUT2D eigenvalue weighted by Crippen LogP contribution is 2.13. The summed E-state index contributed by atoms with van der Waals surface area (Å²) in [6.07, 6.45) is 0.918. The van der Waals surface area contributed by atoms with E-state index >= 15 is 0 Å². The number of hydrogen-bond donors (Lipinski definition) is 2. The Labute approximate surface area is 193 Å². The highest BCUT2D eigenvalue weighted by Gasteiger charge is 2.28. The Kier molecular flexibility index (Phi) is 8.87. The maximum Gasteiger partial charge on any atom is 0.225 e. The first-order chi connectivity index (χ1) is 13.4. The van der Waals surface area contributed by atoms with Crippen LogP contribution in [-0.2, 0) is 24.9 Å². The number of carbonyl (C=O) groups excluding carboxylic acids is 1. The summed E-state index contributed by atoms with van der Waals surface area (Å²) in [5, 5.41) is 17.2. The molecule has 1 saturated heterocycles. The fourth-order valence-electron chi connectivity index (χ4n) is 3.11. The SMILES string of the molecule is Cc1nnc(CN=C(NCc2cccs2)NC2CCN(C(=O)C(C)C)C2)n1C.I. The van der Waals surface area contributed by atoms with Crippen molar-refractivity contribution in [1.29, 1.82) is 0 Å². The molecule has 1 aliphatic rings. The smallest absolute Gasteiger partial charge is 0.225 e. The number of carbonyl (C=O) groups is 1. The number of aryl methyl sites for hydroxylation is 1. The molecule has 3 heterocycles. The van der Waals surface area contributed by atoms with Crippen LogP contribution < -0.4 is 10.6 Å². The summed E-state index contributed by atoms with van der Waals surface area (Å²) in [6.45, 7) is 8.46. The van der Waals surface area contributed by atoms with Crippen LogP contribution in [0, 0.1) is 12.8 Å². The van der Waals surface area contributed by atoms with Crippen LogP contribution in [0.25, 0.3) is 0 Å². The van der Waals surface area contributed by atoms with Gasteiger partial charge in [0.1, 0.15) is 12.4 Å². The molecule has 1 fully saturated rings. The van der Waals surface area contributed by atoms with E-state index in [1.165, 1.54) is 4.88 Å². The second-order valence-electron chi connectivity index (χ2n) is 7.39. The molecule has 2 N–H and O–H groups in total. The number of guanidine groups is 1. The number of likely N-dealkylation sites (tertiary alicyclic amines) is 1. The second-order valence-corrected chi connectivity index (χ2v) is 8.42. The molecule has 0 bridgehead atoms. The van der Waals surface area contributed by atoms with Gasteiger partial charge in [0.25, 0.3) is 0 Å². The zero-order valence-electron chi connectivity index (χ0n) is 17.4. The predicted molar refractivity (Wildman–Crippen MR) is 126 cm³/mol. The predicted octanol–water partition coefficient (Wildman–Crippen LogP) is 2.30.